The second kappa shape index (κ2) is 4.06. The molecule has 5 heteroatoms. The number of halogens is 1. The SMILES string of the molecule is C=C(Cl)CN1C(=O)COc2ccc(N)cc21. The maximum absolute atomic E-state index is 11.7. The zero-order chi connectivity index (χ0) is 11.7. The van der Waals surface area contributed by atoms with E-state index in [9.17, 15) is 4.79 Å². The van der Waals surface area contributed by atoms with Gasteiger partial charge in [0.25, 0.3) is 5.91 Å². The number of nitrogens with zero attached hydrogens (tertiary/aromatic N) is 1. The minimum atomic E-state index is -0.153. The third-order valence-corrected chi connectivity index (χ3v) is 2.38. The van der Waals surface area contributed by atoms with E-state index in [0.717, 1.165) is 0 Å². The number of nitrogens with two attached hydrogens (primary N) is 1. The summed E-state index contributed by atoms with van der Waals surface area (Å²) in [6.07, 6.45) is 0. The van der Waals surface area contributed by atoms with Crippen LogP contribution in [0.5, 0.6) is 5.75 Å². The van der Waals surface area contributed by atoms with Gasteiger partial charge in [0.05, 0.1) is 12.2 Å². The molecule has 0 bridgehead atoms. The minimum Gasteiger partial charge on any atom is -0.482 e. The van der Waals surface area contributed by atoms with Crippen LogP contribution in [0.25, 0.3) is 0 Å². The van der Waals surface area contributed by atoms with Gasteiger partial charge in [-0.2, -0.15) is 0 Å². The van der Waals surface area contributed by atoms with E-state index in [0.29, 0.717) is 22.2 Å². The van der Waals surface area contributed by atoms with Gasteiger partial charge in [0.2, 0.25) is 0 Å². The second-order valence-corrected chi connectivity index (χ2v) is 4.05. The van der Waals surface area contributed by atoms with E-state index in [1.807, 2.05) is 0 Å². The second-order valence-electron chi connectivity index (χ2n) is 3.51. The standard InChI is InChI=1S/C11H11ClN2O2/c1-7(12)5-14-9-4-8(13)2-3-10(9)16-6-11(14)15/h2-4H,1,5-6,13H2. The number of carbonyl (C=O) groups is 1. The topological polar surface area (TPSA) is 55.6 Å². The summed E-state index contributed by atoms with van der Waals surface area (Å²) in [5.74, 6) is 0.478. The van der Waals surface area contributed by atoms with Gasteiger partial charge in [-0.1, -0.05) is 18.2 Å². The van der Waals surface area contributed by atoms with Crippen LogP contribution in [0.15, 0.2) is 29.8 Å². The average molecular weight is 239 g/mol. The lowest BCUT2D eigenvalue weighted by Crippen LogP contribution is -2.39. The molecule has 0 unspecified atom stereocenters. The van der Waals surface area contributed by atoms with Gasteiger partial charge in [0.1, 0.15) is 5.75 Å². The molecule has 1 amide bonds. The Labute approximate surface area is 98.2 Å². The van der Waals surface area contributed by atoms with Crippen molar-refractivity contribution >= 4 is 28.9 Å². The molecule has 0 saturated carbocycles. The molecule has 0 saturated heterocycles. The van der Waals surface area contributed by atoms with Crippen LogP contribution < -0.4 is 15.4 Å². The zero-order valence-electron chi connectivity index (χ0n) is 8.57. The number of anilines is 2. The van der Waals surface area contributed by atoms with Gasteiger partial charge < -0.3 is 15.4 Å². The first-order valence-corrected chi connectivity index (χ1v) is 5.11. The number of rotatable bonds is 2. The number of hydrogen-bond donors (Lipinski definition) is 1. The fourth-order valence-corrected chi connectivity index (χ4v) is 1.68. The molecule has 0 aliphatic carbocycles. The molecule has 4 nitrogen and oxygen atoms in total. The highest BCUT2D eigenvalue weighted by molar-refractivity contribution is 6.30. The maximum Gasteiger partial charge on any atom is 0.265 e. The Balaban J connectivity index is 2.42. The van der Waals surface area contributed by atoms with Gasteiger partial charge in [-0.25, -0.2) is 0 Å². The lowest BCUT2D eigenvalue weighted by Gasteiger charge is -2.29. The van der Waals surface area contributed by atoms with E-state index in [1.165, 1.54) is 4.90 Å². The van der Waals surface area contributed by atoms with Crippen LogP contribution >= 0.6 is 11.6 Å². The molecule has 2 N–H and O–H groups in total. The third kappa shape index (κ3) is 1.97. The summed E-state index contributed by atoms with van der Waals surface area (Å²) in [5, 5.41) is 0.392. The Hall–Kier alpha value is -1.68. The molecule has 0 atom stereocenters. The van der Waals surface area contributed by atoms with Crippen LogP contribution in [0.2, 0.25) is 0 Å². The average Bonchev–Trinajstić information content (AvgIpc) is 2.22. The van der Waals surface area contributed by atoms with Crippen molar-refractivity contribution < 1.29 is 9.53 Å². The van der Waals surface area contributed by atoms with E-state index in [-0.39, 0.29) is 19.1 Å². The molecule has 0 aromatic heterocycles. The van der Waals surface area contributed by atoms with Gasteiger partial charge in [-0.15, -0.1) is 0 Å². The summed E-state index contributed by atoms with van der Waals surface area (Å²) in [6, 6.07) is 5.15. The van der Waals surface area contributed by atoms with Crippen LogP contribution in [0.4, 0.5) is 11.4 Å². The zero-order valence-corrected chi connectivity index (χ0v) is 9.33. The van der Waals surface area contributed by atoms with E-state index in [1.54, 1.807) is 18.2 Å². The Bertz CT molecular complexity index is 459. The van der Waals surface area contributed by atoms with Gasteiger partial charge in [-0.05, 0) is 18.2 Å². The lowest BCUT2D eigenvalue weighted by atomic mass is 10.2. The summed E-state index contributed by atoms with van der Waals surface area (Å²) in [6.45, 7) is 3.86. The van der Waals surface area contributed by atoms with Crippen LogP contribution in [0.3, 0.4) is 0 Å². The number of hydrogen-bond acceptors (Lipinski definition) is 3. The number of nitrogen functional groups attached to an aromatic ring is 1. The first kappa shape index (κ1) is 10.8. The molecule has 1 aromatic carbocycles. The van der Waals surface area contributed by atoms with Crippen molar-refractivity contribution in [3.8, 4) is 5.75 Å². The van der Waals surface area contributed by atoms with Crippen molar-refractivity contribution in [2.24, 2.45) is 0 Å². The number of amides is 1. The smallest absolute Gasteiger partial charge is 0.265 e. The van der Waals surface area contributed by atoms with Crippen molar-refractivity contribution in [2.45, 2.75) is 0 Å². The van der Waals surface area contributed by atoms with Crippen molar-refractivity contribution in [1.29, 1.82) is 0 Å². The molecule has 1 heterocycles. The van der Waals surface area contributed by atoms with Crippen molar-refractivity contribution in [3.05, 3.63) is 29.8 Å². The Morgan fingerprint density at radius 3 is 3.06 bits per heavy atom. The van der Waals surface area contributed by atoms with Crippen LogP contribution in [0, 0.1) is 0 Å². The number of benzene rings is 1. The number of ether oxygens (including phenoxy) is 1. The van der Waals surface area contributed by atoms with E-state index >= 15 is 0 Å². The molecule has 1 aromatic rings. The molecular weight excluding hydrogens is 228 g/mol. The molecule has 2 rings (SSSR count). The summed E-state index contributed by atoms with van der Waals surface area (Å²) >= 11 is 5.72. The van der Waals surface area contributed by atoms with Crippen LogP contribution in [0.1, 0.15) is 0 Å². The van der Waals surface area contributed by atoms with E-state index < -0.39 is 0 Å². The fraction of sp³-hybridized carbons (Fsp3) is 0.182. The van der Waals surface area contributed by atoms with Crippen LogP contribution in [-0.4, -0.2) is 19.1 Å². The van der Waals surface area contributed by atoms with Gasteiger partial charge >= 0.3 is 0 Å². The van der Waals surface area contributed by atoms with Crippen molar-refractivity contribution in [1.82, 2.24) is 0 Å². The summed E-state index contributed by atoms with van der Waals surface area (Å²) in [7, 11) is 0. The Morgan fingerprint density at radius 1 is 1.62 bits per heavy atom. The predicted octanol–water partition coefficient (Wildman–Crippen LogP) is 1.75. The largest absolute Gasteiger partial charge is 0.482 e. The Morgan fingerprint density at radius 2 is 2.38 bits per heavy atom. The summed E-state index contributed by atoms with van der Waals surface area (Å²) < 4.78 is 5.28. The van der Waals surface area contributed by atoms with E-state index in [2.05, 4.69) is 6.58 Å². The predicted molar refractivity (Wildman–Crippen MR) is 63.7 cm³/mol. The quantitative estimate of drug-likeness (QED) is 0.799. The van der Waals surface area contributed by atoms with Crippen LogP contribution in [-0.2, 0) is 4.79 Å². The summed E-state index contributed by atoms with van der Waals surface area (Å²) in [5.41, 5.74) is 6.88. The molecule has 84 valence electrons. The van der Waals surface area contributed by atoms with E-state index in [4.69, 9.17) is 22.1 Å². The van der Waals surface area contributed by atoms with Crippen molar-refractivity contribution in [3.63, 3.8) is 0 Å². The molecule has 1 aliphatic heterocycles. The lowest BCUT2D eigenvalue weighted by molar-refractivity contribution is -0.121. The molecular formula is C11H11ClN2O2. The first-order valence-electron chi connectivity index (χ1n) is 4.74. The minimum absolute atomic E-state index is 0.0150. The third-order valence-electron chi connectivity index (χ3n) is 2.26. The van der Waals surface area contributed by atoms with Crippen molar-refractivity contribution in [2.75, 3.05) is 23.8 Å². The highest BCUT2D eigenvalue weighted by Crippen LogP contribution is 2.34. The Kier molecular flexibility index (Phi) is 2.75. The van der Waals surface area contributed by atoms with Gasteiger partial charge in [0.15, 0.2) is 6.61 Å². The summed E-state index contributed by atoms with van der Waals surface area (Å²) in [4.78, 5) is 13.2. The molecule has 16 heavy (non-hydrogen) atoms. The molecule has 0 fully saturated rings. The number of carbonyl (C=O) groups excluding carboxylic acids is 1. The first-order chi connectivity index (χ1) is 7.58. The molecule has 1 aliphatic rings. The van der Waals surface area contributed by atoms with Gasteiger partial charge in [-0.3, -0.25) is 4.79 Å². The van der Waals surface area contributed by atoms with Gasteiger partial charge in [0, 0.05) is 10.7 Å². The highest BCUT2D eigenvalue weighted by atomic mass is 35.5. The molecule has 0 spiro atoms. The normalized spacial score (nSPS) is 14.3. The monoisotopic (exact) mass is 238 g/mol. The highest BCUT2D eigenvalue weighted by Gasteiger charge is 2.25. The molecule has 0 radical (unpaired) electrons. The number of fused-ring (bicyclic) bond motifs is 1. The maximum atomic E-state index is 11.7. The fourth-order valence-electron chi connectivity index (χ4n) is 1.56.